The molecule has 0 atom stereocenters. The maximum Gasteiger partial charge on any atom is 0.251 e. The van der Waals surface area contributed by atoms with E-state index >= 15 is 0 Å². The molecular formula is C12H14N2O3. The summed E-state index contributed by atoms with van der Waals surface area (Å²) in [6, 6.07) is 8.82. The summed E-state index contributed by atoms with van der Waals surface area (Å²) in [6.45, 7) is 1.50. The maximum atomic E-state index is 11.7. The Morgan fingerprint density at radius 3 is 2.71 bits per heavy atom. The Morgan fingerprint density at radius 1 is 1.29 bits per heavy atom. The molecule has 2 rings (SSSR count). The number of carbonyl (C=O) groups excluding carboxylic acids is 2. The summed E-state index contributed by atoms with van der Waals surface area (Å²) in [4.78, 5) is 24.8. The van der Waals surface area contributed by atoms with Crippen molar-refractivity contribution in [2.75, 3.05) is 26.4 Å². The molecule has 0 aromatic heterocycles. The van der Waals surface area contributed by atoms with Crippen molar-refractivity contribution in [1.82, 2.24) is 10.2 Å². The molecule has 17 heavy (non-hydrogen) atoms. The van der Waals surface area contributed by atoms with Crippen molar-refractivity contribution in [3.63, 3.8) is 0 Å². The number of rotatable bonds is 3. The minimum atomic E-state index is -0.237. The molecule has 5 heteroatoms. The number of amides is 2. The van der Waals surface area contributed by atoms with Crippen molar-refractivity contribution < 1.29 is 14.3 Å². The molecule has 90 valence electrons. The predicted molar refractivity (Wildman–Crippen MR) is 61.3 cm³/mol. The van der Waals surface area contributed by atoms with Gasteiger partial charge in [-0.25, -0.2) is 0 Å². The van der Waals surface area contributed by atoms with Crippen molar-refractivity contribution in [1.29, 1.82) is 0 Å². The van der Waals surface area contributed by atoms with Crippen molar-refractivity contribution in [3.8, 4) is 0 Å². The zero-order valence-electron chi connectivity index (χ0n) is 9.39. The molecule has 1 aromatic rings. The van der Waals surface area contributed by atoms with Crippen LogP contribution in [0.15, 0.2) is 30.3 Å². The minimum absolute atomic E-state index is 0.0110. The zero-order valence-corrected chi connectivity index (χ0v) is 9.39. The van der Waals surface area contributed by atoms with Crippen LogP contribution in [0.25, 0.3) is 0 Å². The second kappa shape index (κ2) is 5.45. The highest BCUT2D eigenvalue weighted by Gasteiger charge is 2.18. The Kier molecular flexibility index (Phi) is 3.72. The summed E-state index contributed by atoms with van der Waals surface area (Å²) in [7, 11) is 0. The molecule has 2 amide bonds. The number of ether oxygens (including phenoxy) is 1. The number of carbonyl (C=O) groups is 2. The van der Waals surface area contributed by atoms with Crippen LogP contribution in [0, 0.1) is 0 Å². The second-order valence-electron chi connectivity index (χ2n) is 3.74. The van der Waals surface area contributed by atoms with Gasteiger partial charge in [-0.3, -0.25) is 9.59 Å². The largest absolute Gasteiger partial charge is 0.359 e. The SMILES string of the molecule is O=C(NCC(=O)N1CCOC1)c1ccccc1. The van der Waals surface area contributed by atoms with Gasteiger partial charge in [-0.1, -0.05) is 18.2 Å². The van der Waals surface area contributed by atoms with Crippen molar-refractivity contribution in [2.24, 2.45) is 0 Å². The molecule has 0 radical (unpaired) electrons. The fourth-order valence-electron chi connectivity index (χ4n) is 1.57. The van der Waals surface area contributed by atoms with Gasteiger partial charge in [0, 0.05) is 12.1 Å². The molecule has 0 spiro atoms. The second-order valence-corrected chi connectivity index (χ2v) is 3.74. The van der Waals surface area contributed by atoms with Gasteiger partial charge >= 0.3 is 0 Å². The van der Waals surface area contributed by atoms with E-state index in [9.17, 15) is 9.59 Å². The lowest BCUT2D eigenvalue weighted by atomic mass is 10.2. The lowest BCUT2D eigenvalue weighted by molar-refractivity contribution is -0.130. The summed E-state index contributed by atoms with van der Waals surface area (Å²) in [5.41, 5.74) is 0.554. The molecule has 1 aromatic carbocycles. The lowest BCUT2D eigenvalue weighted by Gasteiger charge is -2.13. The smallest absolute Gasteiger partial charge is 0.251 e. The Balaban J connectivity index is 1.82. The number of hydrogen-bond acceptors (Lipinski definition) is 3. The third-order valence-corrected chi connectivity index (χ3v) is 2.54. The molecular weight excluding hydrogens is 220 g/mol. The Labute approximate surface area is 99.4 Å². The van der Waals surface area contributed by atoms with Crippen LogP contribution < -0.4 is 5.32 Å². The molecule has 1 fully saturated rings. The van der Waals surface area contributed by atoms with Crippen LogP contribution in [0.1, 0.15) is 10.4 Å². The monoisotopic (exact) mass is 234 g/mol. The van der Waals surface area contributed by atoms with Gasteiger partial charge < -0.3 is 15.0 Å². The van der Waals surface area contributed by atoms with E-state index in [0.717, 1.165) is 0 Å². The molecule has 1 aliphatic rings. The molecule has 0 bridgehead atoms. The first-order chi connectivity index (χ1) is 8.27. The number of nitrogens with zero attached hydrogens (tertiary/aromatic N) is 1. The van der Waals surface area contributed by atoms with E-state index in [1.807, 2.05) is 6.07 Å². The number of benzene rings is 1. The molecule has 1 saturated heterocycles. The highest BCUT2D eigenvalue weighted by Crippen LogP contribution is 2.00. The van der Waals surface area contributed by atoms with Gasteiger partial charge in [0.2, 0.25) is 5.91 Å². The molecule has 0 unspecified atom stereocenters. The summed E-state index contributed by atoms with van der Waals surface area (Å²) in [5.74, 6) is -0.356. The standard InChI is InChI=1S/C12H14N2O3/c15-11(14-6-7-17-9-14)8-13-12(16)10-4-2-1-3-5-10/h1-5H,6-9H2,(H,13,16). The van der Waals surface area contributed by atoms with Gasteiger partial charge in [0.25, 0.3) is 5.91 Å². The molecule has 1 N–H and O–H groups in total. The third-order valence-electron chi connectivity index (χ3n) is 2.54. The van der Waals surface area contributed by atoms with E-state index in [1.54, 1.807) is 29.2 Å². The molecule has 0 saturated carbocycles. The molecule has 1 aliphatic heterocycles. The number of hydrogen-bond donors (Lipinski definition) is 1. The van der Waals surface area contributed by atoms with Crippen LogP contribution in [-0.2, 0) is 9.53 Å². The van der Waals surface area contributed by atoms with Crippen LogP contribution >= 0.6 is 0 Å². The van der Waals surface area contributed by atoms with Crippen LogP contribution in [0.2, 0.25) is 0 Å². The topological polar surface area (TPSA) is 58.6 Å². The van der Waals surface area contributed by atoms with E-state index in [4.69, 9.17) is 4.74 Å². The van der Waals surface area contributed by atoms with Crippen LogP contribution in [0.3, 0.4) is 0 Å². The van der Waals surface area contributed by atoms with E-state index in [1.165, 1.54) is 0 Å². The average Bonchev–Trinajstić information content (AvgIpc) is 2.90. The summed E-state index contributed by atoms with van der Waals surface area (Å²) in [5, 5.41) is 2.59. The fraction of sp³-hybridized carbons (Fsp3) is 0.333. The Morgan fingerprint density at radius 2 is 2.06 bits per heavy atom. The van der Waals surface area contributed by atoms with Gasteiger partial charge in [0.1, 0.15) is 6.73 Å². The quantitative estimate of drug-likeness (QED) is 0.814. The Hall–Kier alpha value is -1.88. The van der Waals surface area contributed by atoms with E-state index in [0.29, 0.717) is 25.4 Å². The highest BCUT2D eigenvalue weighted by molar-refractivity contribution is 5.96. The van der Waals surface area contributed by atoms with Crippen molar-refractivity contribution in [2.45, 2.75) is 0 Å². The van der Waals surface area contributed by atoms with Crippen LogP contribution in [0.5, 0.6) is 0 Å². The molecule has 5 nitrogen and oxygen atoms in total. The van der Waals surface area contributed by atoms with Gasteiger partial charge in [-0.2, -0.15) is 0 Å². The normalized spacial score (nSPS) is 14.7. The molecule has 0 aliphatic carbocycles. The maximum absolute atomic E-state index is 11.7. The minimum Gasteiger partial charge on any atom is -0.359 e. The van der Waals surface area contributed by atoms with Crippen LogP contribution in [-0.4, -0.2) is 43.1 Å². The van der Waals surface area contributed by atoms with Crippen molar-refractivity contribution in [3.05, 3.63) is 35.9 Å². The van der Waals surface area contributed by atoms with Crippen LogP contribution in [0.4, 0.5) is 0 Å². The van der Waals surface area contributed by atoms with Gasteiger partial charge in [0.05, 0.1) is 13.2 Å². The first-order valence-electron chi connectivity index (χ1n) is 5.46. The van der Waals surface area contributed by atoms with E-state index < -0.39 is 0 Å². The third kappa shape index (κ3) is 3.04. The first kappa shape index (κ1) is 11.6. The zero-order chi connectivity index (χ0) is 12.1. The van der Waals surface area contributed by atoms with Gasteiger partial charge in [-0.15, -0.1) is 0 Å². The predicted octanol–water partition coefficient (Wildman–Crippen LogP) is 0.233. The first-order valence-corrected chi connectivity index (χ1v) is 5.46. The van der Waals surface area contributed by atoms with E-state index in [2.05, 4.69) is 5.32 Å². The highest BCUT2D eigenvalue weighted by atomic mass is 16.5. The van der Waals surface area contributed by atoms with Gasteiger partial charge in [-0.05, 0) is 12.1 Å². The molecule has 1 heterocycles. The van der Waals surface area contributed by atoms with Gasteiger partial charge in [0.15, 0.2) is 0 Å². The fourth-order valence-corrected chi connectivity index (χ4v) is 1.57. The van der Waals surface area contributed by atoms with Crippen molar-refractivity contribution >= 4 is 11.8 Å². The lowest BCUT2D eigenvalue weighted by Crippen LogP contribution is -2.38. The summed E-state index contributed by atoms with van der Waals surface area (Å²) in [6.07, 6.45) is 0. The summed E-state index contributed by atoms with van der Waals surface area (Å²) < 4.78 is 5.06. The number of nitrogens with one attached hydrogen (secondary N) is 1. The summed E-state index contributed by atoms with van der Waals surface area (Å²) >= 11 is 0. The van der Waals surface area contributed by atoms with E-state index in [-0.39, 0.29) is 18.4 Å². The average molecular weight is 234 g/mol. The Bertz CT molecular complexity index is 399.